The largest absolute Gasteiger partial charge is 0.322 e. The van der Waals surface area contributed by atoms with Crippen LogP contribution in [0.4, 0.5) is 10.5 Å². The van der Waals surface area contributed by atoms with Crippen molar-refractivity contribution in [2.24, 2.45) is 0 Å². The first-order chi connectivity index (χ1) is 14.0. The fourth-order valence-corrected chi connectivity index (χ4v) is 6.15. The van der Waals surface area contributed by atoms with Gasteiger partial charge in [0.05, 0.1) is 12.6 Å². The Morgan fingerprint density at radius 2 is 1.97 bits per heavy atom. The number of hydrogen-bond acceptors (Lipinski definition) is 2. The first kappa shape index (κ1) is 18.5. The molecule has 1 atom stereocenters. The molecule has 0 radical (unpaired) electrons. The number of carbonyl (C=O) groups is 1. The number of carbonyl (C=O) groups excluding carboxylic acids is 1. The van der Waals surface area contributed by atoms with Crippen LogP contribution < -0.4 is 5.32 Å². The number of amides is 2. The molecule has 0 bridgehead atoms. The van der Waals surface area contributed by atoms with E-state index < -0.39 is 0 Å². The van der Waals surface area contributed by atoms with Crippen LogP contribution in [-0.4, -0.2) is 15.5 Å². The fraction of sp³-hybridized carbons (Fsp3) is 0.375. The standard InChI is InChI=1S/C24H27N3OS/c1-15-10-11-20(16(2)13-15)25-24(28)27-14-19-18-7-4-5-9-22(18)29-23(19)26-12-6-8-21(26)17(27)3/h6,8,10-13,17H,4-5,7,9,14H2,1-3H3,(H,25,28)/t17-/m0/s1. The average Bonchev–Trinajstić information content (AvgIpc) is 3.30. The molecular weight excluding hydrogens is 378 g/mol. The van der Waals surface area contributed by atoms with E-state index >= 15 is 0 Å². The number of nitrogens with one attached hydrogen (secondary N) is 1. The van der Waals surface area contributed by atoms with E-state index in [9.17, 15) is 4.79 Å². The second kappa shape index (κ2) is 7.06. The number of rotatable bonds is 1. The number of hydrogen-bond donors (Lipinski definition) is 1. The van der Waals surface area contributed by atoms with Crippen LogP contribution >= 0.6 is 11.3 Å². The van der Waals surface area contributed by atoms with Crippen molar-refractivity contribution in [1.29, 1.82) is 0 Å². The number of thiophene rings is 1. The molecule has 2 aromatic heterocycles. The van der Waals surface area contributed by atoms with E-state index in [-0.39, 0.29) is 12.1 Å². The quantitative estimate of drug-likeness (QED) is 0.518. The maximum atomic E-state index is 13.4. The van der Waals surface area contributed by atoms with Crippen molar-refractivity contribution in [3.05, 3.63) is 69.4 Å². The van der Waals surface area contributed by atoms with Crippen molar-refractivity contribution in [2.75, 3.05) is 5.32 Å². The van der Waals surface area contributed by atoms with E-state index in [0.717, 1.165) is 17.7 Å². The van der Waals surface area contributed by atoms with Gasteiger partial charge in [0.15, 0.2) is 0 Å². The normalized spacial score (nSPS) is 17.9. The van der Waals surface area contributed by atoms with Crippen LogP contribution in [-0.2, 0) is 19.4 Å². The first-order valence-electron chi connectivity index (χ1n) is 10.5. The van der Waals surface area contributed by atoms with Gasteiger partial charge in [-0.05, 0) is 75.8 Å². The number of urea groups is 1. The van der Waals surface area contributed by atoms with Crippen molar-refractivity contribution in [2.45, 2.75) is 59.0 Å². The van der Waals surface area contributed by atoms with Crippen LogP contribution in [0.5, 0.6) is 0 Å². The average molecular weight is 406 g/mol. The second-order valence-electron chi connectivity index (χ2n) is 8.35. The highest BCUT2D eigenvalue weighted by Crippen LogP contribution is 2.42. The Bertz CT molecular complexity index is 1090. The highest BCUT2D eigenvalue weighted by molar-refractivity contribution is 7.15. The monoisotopic (exact) mass is 405 g/mol. The third-order valence-corrected chi connectivity index (χ3v) is 7.70. The summed E-state index contributed by atoms with van der Waals surface area (Å²) in [5.74, 6) is 0. The van der Waals surface area contributed by atoms with Crippen LogP contribution in [0.3, 0.4) is 0 Å². The van der Waals surface area contributed by atoms with Crippen LogP contribution in [0, 0.1) is 13.8 Å². The molecule has 1 aromatic carbocycles. The summed E-state index contributed by atoms with van der Waals surface area (Å²) in [7, 11) is 0. The summed E-state index contributed by atoms with van der Waals surface area (Å²) in [5.41, 5.74) is 7.21. The molecule has 0 unspecified atom stereocenters. The van der Waals surface area contributed by atoms with Gasteiger partial charge in [-0.1, -0.05) is 17.7 Å². The molecular formula is C24H27N3OS. The molecule has 3 heterocycles. The minimum atomic E-state index is -0.0270. The van der Waals surface area contributed by atoms with Gasteiger partial charge in [-0.3, -0.25) is 0 Å². The van der Waals surface area contributed by atoms with Gasteiger partial charge < -0.3 is 14.8 Å². The number of benzene rings is 1. The molecule has 0 saturated carbocycles. The zero-order chi connectivity index (χ0) is 20.1. The molecule has 5 rings (SSSR count). The first-order valence-corrected chi connectivity index (χ1v) is 11.3. The van der Waals surface area contributed by atoms with Crippen molar-refractivity contribution in [3.8, 4) is 5.00 Å². The van der Waals surface area contributed by atoms with E-state index in [4.69, 9.17) is 0 Å². The molecule has 150 valence electrons. The Balaban J connectivity index is 1.54. The van der Waals surface area contributed by atoms with E-state index in [2.05, 4.69) is 48.1 Å². The van der Waals surface area contributed by atoms with Gasteiger partial charge in [0.1, 0.15) is 5.00 Å². The summed E-state index contributed by atoms with van der Waals surface area (Å²) < 4.78 is 2.31. The molecule has 1 aliphatic heterocycles. The second-order valence-corrected chi connectivity index (χ2v) is 9.43. The molecule has 5 heteroatoms. The maximum Gasteiger partial charge on any atom is 0.322 e. The van der Waals surface area contributed by atoms with Crippen LogP contribution in [0.1, 0.15) is 58.6 Å². The van der Waals surface area contributed by atoms with E-state index in [1.165, 1.54) is 51.5 Å². The zero-order valence-corrected chi connectivity index (χ0v) is 18.1. The lowest BCUT2D eigenvalue weighted by molar-refractivity contribution is 0.189. The predicted molar refractivity (Wildman–Crippen MR) is 119 cm³/mol. The lowest BCUT2D eigenvalue weighted by Gasteiger charge is -2.28. The van der Waals surface area contributed by atoms with Gasteiger partial charge in [0, 0.05) is 28.0 Å². The minimum absolute atomic E-state index is 0.00888. The molecule has 2 amide bonds. The highest BCUT2D eigenvalue weighted by atomic mass is 32.1. The van der Waals surface area contributed by atoms with E-state index in [0.29, 0.717) is 6.54 Å². The van der Waals surface area contributed by atoms with Gasteiger partial charge in [-0.25, -0.2) is 4.79 Å². The van der Waals surface area contributed by atoms with Gasteiger partial charge in [-0.2, -0.15) is 0 Å². The fourth-order valence-electron chi connectivity index (χ4n) is 4.75. The minimum Gasteiger partial charge on any atom is -0.312 e. The molecule has 2 aliphatic rings. The molecule has 0 fully saturated rings. The summed E-state index contributed by atoms with van der Waals surface area (Å²) in [4.78, 5) is 16.9. The summed E-state index contributed by atoms with van der Waals surface area (Å²) in [6, 6.07) is 10.4. The maximum absolute atomic E-state index is 13.4. The molecule has 0 spiro atoms. The molecule has 1 aliphatic carbocycles. The van der Waals surface area contributed by atoms with Crippen LogP contribution in [0.15, 0.2) is 36.5 Å². The predicted octanol–water partition coefficient (Wildman–Crippen LogP) is 6.14. The summed E-state index contributed by atoms with van der Waals surface area (Å²) in [6.45, 7) is 6.93. The van der Waals surface area contributed by atoms with Crippen molar-refractivity contribution < 1.29 is 4.79 Å². The molecule has 1 N–H and O–H groups in total. The Hall–Kier alpha value is -2.53. The molecule has 3 aromatic rings. The lowest BCUT2D eigenvalue weighted by Crippen LogP contribution is -2.36. The Morgan fingerprint density at radius 3 is 2.79 bits per heavy atom. The summed E-state index contributed by atoms with van der Waals surface area (Å²) in [6.07, 6.45) is 6.99. The Kier molecular flexibility index (Phi) is 4.50. The van der Waals surface area contributed by atoms with Gasteiger partial charge in [0.25, 0.3) is 0 Å². The summed E-state index contributed by atoms with van der Waals surface area (Å²) >= 11 is 1.93. The van der Waals surface area contributed by atoms with Crippen molar-refractivity contribution >= 4 is 23.1 Å². The van der Waals surface area contributed by atoms with Crippen LogP contribution in [0.25, 0.3) is 5.00 Å². The van der Waals surface area contributed by atoms with Crippen molar-refractivity contribution in [1.82, 2.24) is 9.47 Å². The van der Waals surface area contributed by atoms with E-state index in [1.807, 2.05) is 35.3 Å². The third-order valence-electron chi connectivity index (χ3n) is 6.37. The number of aryl methyl sites for hydroxylation is 3. The molecule has 29 heavy (non-hydrogen) atoms. The molecule has 0 saturated heterocycles. The zero-order valence-electron chi connectivity index (χ0n) is 17.3. The number of anilines is 1. The number of fused-ring (bicyclic) bond motifs is 5. The Labute approximate surface area is 176 Å². The van der Waals surface area contributed by atoms with Gasteiger partial charge in [0.2, 0.25) is 0 Å². The lowest BCUT2D eigenvalue weighted by atomic mass is 9.95. The van der Waals surface area contributed by atoms with Crippen molar-refractivity contribution in [3.63, 3.8) is 0 Å². The third kappa shape index (κ3) is 3.08. The number of aromatic nitrogens is 1. The Morgan fingerprint density at radius 1 is 1.14 bits per heavy atom. The van der Waals surface area contributed by atoms with Crippen LogP contribution in [0.2, 0.25) is 0 Å². The van der Waals surface area contributed by atoms with Gasteiger partial charge in [-0.15, -0.1) is 11.3 Å². The number of nitrogens with zero attached hydrogens (tertiary/aromatic N) is 2. The van der Waals surface area contributed by atoms with E-state index in [1.54, 1.807) is 0 Å². The van der Waals surface area contributed by atoms with Gasteiger partial charge >= 0.3 is 6.03 Å². The SMILES string of the molecule is Cc1ccc(NC(=O)N2Cc3c(sc4c3CCCC4)-n3cccc3[C@@H]2C)c(C)c1. The topological polar surface area (TPSA) is 37.3 Å². The smallest absolute Gasteiger partial charge is 0.312 e. The summed E-state index contributed by atoms with van der Waals surface area (Å²) in [5, 5.41) is 4.48. The molecule has 4 nitrogen and oxygen atoms in total. The highest BCUT2D eigenvalue weighted by Gasteiger charge is 2.33.